The number of nitrogens with zero attached hydrogens (tertiary/aromatic N) is 6. The van der Waals surface area contributed by atoms with Gasteiger partial charge in [0.25, 0.3) is 0 Å². The molecule has 0 N–H and O–H groups in total. The molecule has 58 heavy (non-hydrogen) atoms. The summed E-state index contributed by atoms with van der Waals surface area (Å²) < 4.78 is 2.22. The summed E-state index contributed by atoms with van der Waals surface area (Å²) in [5.41, 5.74) is 12.5. The van der Waals surface area contributed by atoms with Gasteiger partial charge in [0.2, 0.25) is 0 Å². The van der Waals surface area contributed by atoms with Gasteiger partial charge in [-0.2, -0.15) is 0 Å². The number of likely N-dealkylation sites (tertiary alicyclic amines) is 2. The summed E-state index contributed by atoms with van der Waals surface area (Å²) >= 11 is 12.9. The van der Waals surface area contributed by atoms with Crippen molar-refractivity contribution in [2.24, 2.45) is 11.8 Å². The van der Waals surface area contributed by atoms with Crippen molar-refractivity contribution in [1.29, 1.82) is 0 Å². The van der Waals surface area contributed by atoms with Crippen LogP contribution in [0.2, 0.25) is 10.0 Å². The molecule has 2 saturated heterocycles. The predicted molar refractivity (Wildman–Crippen MR) is 246 cm³/mol. The van der Waals surface area contributed by atoms with Crippen LogP contribution in [0.15, 0.2) is 98.1 Å². The molecule has 2 aliphatic carbocycles. The van der Waals surface area contributed by atoms with Gasteiger partial charge in [-0.15, -0.1) is 0 Å². The summed E-state index contributed by atoms with van der Waals surface area (Å²) in [7, 11) is 4.43. The van der Waals surface area contributed by atoms with Crippen molar-refractivity contribution in [1.82, 2.24) is 29.3 Å². The zero-order valence-electron chi connectivity index (χ0n) is 32.8. The van der Waals surface area contributed by atoms with Crippen LogP contribution < -0.4 is 0 Å². The van der Waals surface area contributed by atoms with E-state index in [9.17, 15) is 0 Å². The van der Waals surface area contributed by atoms with Crippen LogP contribution in [0.5, 0.6) is 0 Å². The smallest absolute Gasteiger partial charge is 0.105 e. The monoisotopic (exact) mass is 814 g/mol. The number of aryl methyl sites for hydroxylation is 2. The molecule has 2 unspecified atom stereocenters. The first-order valence-electron chi connectivity index (χ1n) is 20.2. The van der Waals surface area contributed by atoms with Crippen LogP contribution in [0, 0.1) is 18.8 Å². The van der Waals surface area contributed by atoms with Crippen LogP contribution in [-0.2, 0) is 6.54 Å². The van der Waals surface area contributed by atoms with E-state index >= 15 is 0 Å². The molecule has 2 fully saturated rings. The lowest BCUT2D eigenvalue weighted by Crippen LogP contribution is -2.33. The Kier molecular flexibility index (Phi) is 14.3. The van der Waals surface area contributed by atoms with Crippen molar-refractivity contribution in [2.45, 2.75) is 72.3 Å². The normalized spacial score (nSPS) is 19.5. The zero-order valence-corrected chi connectivity index (χ0v) is 34.4. The lowest BCUT2D eigenvalue weighted by molar-refractivity contribution is 0.206. The van der Waals surface area contributed by atoms with E-state index < -0.39 is 0 Å². The number of halogens is 2. The molecular weight excluding hydrogens is 755 g/mol. The van der Waals surface area contributed by atoms with E-state index in [0.717, 1.165) is 60.6 Å². The van der Waals surface area contributed by atoms with Gasteiger partial charge >= 0.3 is 0 Å². The molecular formula is C50H60Cl2N6. The molecule has 8 heteroatoms. The molecule has 2 aliphatic heterocycles. The van der Waals surface area contributed by atoms with Crippen LogP contribution in [-0.4, -0.2) is 69.6 Å². The van der Waals surface area contributed by atoms with Crippen LogP contribution >= 0.6 is 23.2 Å². The minimum atomic E-state index is 0. The minimum Gasteiger partial charge on any atom is -0.335 e. The Bertz CT molecular complexity index is 2260. The van der Waals surface area contributed by atoms with E-state index in [1.54, 1.807) is 0 Å². The highest BCUT2D eigenvalue weighted by atomic mass is 35.5. The number of piperidine rings is 2. The Morgan fingerprint density at radius 2 is 1.21 bits per heavy atom. The van der Waals surface area contributed by atoms with Crippen LogP contribution in [0.25, 0.3) is 23.3 Å². The number of imidazole rings is 1. The fourth-order valence-corrected chi connectivity index (χ4v) is 9.84. The van der Waals surface area contributed by atoms with Crippen molar-refractivity contribution in [3.63, 3.8) is 0 Å². The van der Waals surface area contributed by atoms with Gasteiger partial charge in [0.15, 0.2) is 0 Å². The van der Waals surface area contributed by atoms with E-state index in [1.165, 1.54) is 76.0 Å². The highest BCUT2D eigenvalue weighted by Gasteiger charge is 2.35. The summed E-state index contributed by atoms with van der Waals surface area (Å²) in [6.07, 6.45) is 20.0. The summed E-state index contributed by atoms with van der Waals surface area (Å²) in [5.74, 6) is 2.86. The van der Waals surface area contributed by atoms with E-state index in [1.807, 2.05) is 42.9 Å². The predicted octanol–water partition coefficient (Wildman–Crippen LogP) is 12.2. The molecule has 5 heterocycles. The Labute approximate surface area is 357 Å². The van der Waals surface area contributed by atoms with Gasteiger partial charge in [0, 0.05) is 53.2 Å². The summed E-state index contributed by atoms with van der Waals surface area (Å²) in [6, 6.07) is 21.2. The fraction of sp³-hybridized carbons (Fsp3) is 0.380. The second kappa shape index (κ2) is 19.2. The van der Waals surface area contributed by atoms with Crippen molar-refractivity contribution >= 4 is 46.5 Å². The lowest BCUT2D eigenvalue weighted by Gasteiger charge is -2.35. The molecule has 6 nitrogen and oxygen atoms in total. The van der Waals surface area contributed by atoms with E-state index in [-0.39, 0.29) is 14.9 Å². The third-order valence-corrected chi connectivity index (χ3v) is 13.0. The third-order valence-electron chi connectivity index (χ3n) is 12.6. The summed E-state index contributed by atoms with van der Waals surface area (Å²) in [5, 5.41) is 1.57. The number of hydrogen-bond donors (Lipinski definition) is 0. The molecule has 2 aromatic carbocycles. The quantitative estimate of drug-likeness (QED) is 0.171. The molecule has 5 aromatic rings. The van der Waals surface area contributed by atoms with E-state index in [0.29, 0.717) is 23.7 Å². The second-order valence-corrected chi connectivity index (χ2v) is 16.9. The number of fused-ring (bicyclic) bond motifs is 4. The van der Waals surface area contributed by atoms with E-state index in [4.69, 9.17) is 33.2 Å². The van der Waals surface area contributed by atoms with Gasteiger partial charge in [-0.25, -0.2) is 4.98 Å². The molecule has 2 atom stereocenters. The second-order valence-electron chi connectivity index (χ2n) is 16.0. The summed E-state index contributed by atoms with van der Waals surface area (Å²) in [6.45, 7) is 11.6. The molecule has 0 radical (unpaired) electrons. The van der Waals surface area contributed by atoms with Crippen LogP contribution in [0.4, 0.5) is 0 Å². The standard InChI is InChI=1S/C26H29ClN4.C22H23ClN2.2CH4/c1-18-28-11-15-31(18)14-9-20-16-21-4-3-10-29-26(21)25(19-7-12-30(2)13-8-19)23-6-5-22(27)17-24(20)23;1-3-15-13-17-5-4-10-24-22(17)21(16-8-11-25(2)12-9-16)19-7-6-18(23)14-20(15)19;;/h3-6,10-11,15-17,19,25H,7-9,12-14H2,1-2H3;3-7,10,13-14,16,21H,1,8-9,11-12H2,2H3;2*1H4. The Hall–Kier alpha value is -4.33. The van der Waals surface area contributed by atoms with Crippen molar-refractivity contribution in [2.75, 3.05) is 40.3 Å². The first-order valence-corrected chi connectivity index (χ1v) is 20.9. The number of benzene rings is 2. The summed E-state index contributed by atoms with van der Waals surface area (Å²) in [4.78, 5) is 19.0. The lowest BCUT2D eigenvalue weighted by atomic mass is 9.76. The van der Waals surface area contributed by atoms with Crippen molar-refractivity contribution in [3.8, 4) is 0 Å². The highest BCUT2D eigenvalue weighted by Crippen LogP contribution is 2.47. The van der Waals surface area contributed by atoms with Gasteiger partial charge < -0.3 is 14.4 Å². The Morgan fingerprint density at radius 3 is 1.72 bits per heavy atom. The number of hydrogen-bond acceptors (Lipinski definition) is 5. The minimum absolute atomic E-state index is 0. The largest absolute Gasteiger partial charge is 0.335 e. The molecule has 0 spiro atoms. The van der Waals surface area contributed by atoms with Gasteiger partial charge in [0.1, 0.15) is 5.82 Å². The average Bonchev–Trinajstić information content (AvgIpc) is 3.50. The van der Waals surface area contributed by atoms with Crippen molar-refractivity contribution in [3.05, 3.63) is 159 Å². The van der Waals surface area contributed by atoms with Crippen LogP contribution in [0.1, 0.15) is 109 Å². The Morgan fingerprint density at radius 1 is 0.690 bits per heavy atom. The molecule has 3 aromatic heterocycles. The number of allylic oxidation sites excluding steroid dienone is 3. The number of rotatable bonds is 6. The molecule has 0 amide bonds. The maximum absolute atomic E-state index is 6.52. The third kappa shape index (κ3) is 9.11. The van der Waals surface area contributed by atoms with Gasteiger partial charge in [0.05, 0.1) is 11.4 Å². The molecule has 9 rings (SSSR count). The first kappa shape index (κ1) is 43.3. The first-order chi connectivity index (χ1) is 27.3. The van der Waals surface area contributed by atoms with Gasteiger partial charge in [-0.3, -0.25) is 9.97 Å². The number of aromatic nitrogens is 4. The Balaban J connectivity index is 0.000000193. The molecule has 4 aliphatic rings. The maximum Gasteiger partial charge on any atom is 0.105 e. The zero-order chi connectivity index (χ0) is 38.8. The molecule has 0 bridgehead atoms. The molecule has 0 saturated carbocycles. The SMILES string of the molecule is C.C.C=CC1=Cc2cccnc2C(C2CCN(C)CC2)c2ccc(Cl)cc21.Cc1nccn1CCC1=Cc2cccnc2C(C2CCN(C)CC2)c2ccc(Cl)cc21. The molecule has 304 valence electrons. The maximum atomic E-state index is 6.52. The highest BCUT2D eigenvalue weighted by molar-refractivity contribution is 6.31. The fourth-order valence-electron chi connectivity index (χ4n) is 9.49. The number of pyridine rings is 2. The van der Waals surface area contributed by atoms with Gasteiger partial charge in [-0.05, 0) is 184 Å². The topological polar surface area (TPSA) is 50.1 Å². The average molecular weight is 816 g/mol. The van der Waals surface area contributed by atoms with Crippen LogP contribution in [0.3, 0.4) is 0 Å². The van der Waals surface area contributed by atoms with Gasteiger partial charge in [-0.1, -0.05) is 75.0 Å². The van der Waals surface area contributed by atoms with E-state index in [2.05, 4.69) is 108 Å². The van der Waals surface area contributed by atoms with Crippen molar-refractivity contribution < 1.29 is 0 Å².